The number of hydrogen-bond acceptors (Lipinski definition) is 9. The van der Waals surface area contributed by atoms with Crippen LogP contribution in [-0.4, -0.2) is 21.7 Å². The van der Waals surface area contributed by atoms with E-state index < -0.39 is 5.92 Å². The molecular weight excluding hydrogens is 526 g/mol. The van der Waals surface area contributed by atoms with Crippen molar-refractivity contribution in [2.75, 3.05) is 10.7 Å². The summed E-state index contributed by atoms with van der Waals surface area (Å²) >= 11 is 3.08. The van der Waals surface area contributed by atoms with Gasteiger partial charge in [-0.1, -0.05) is 86.3 Å². The van der Waals surface area contributed by atoms with E-state index in [9.17, 15) is 10.1 Å². The number of hydrogen-bond donors (Lipinski definition) is 1. The van der Waals surface area contributed by atoms with E-state index in [1.165, 1.54) is 11.3 Å². The zero-order valence-electron chi connectivity index (χ0n) is 22.3. The van der Waals surface area contributed by atoms with Gasteiger partial charge in [-0.05, 0) is 41.5 Å². The largest absolute Gasteiger partial charge is 0.489 e. The molecule has 0 amide bonds. The quantitative estimate of drug-likeness (QED) is 0.311. The number of carbonyl (C=O) groups excluding carboxylic acids is 1. The van der Waals surface area contributed by atoms with Crippen LogP contribution in [0.4, 0.5) is 5.13 Å². The van der Waals surface area contributed by atoms with Gasteiger partial charge in [0.2, 0.25) is 5.13 Å². The van der Waals surface area contributed by atoms with Crippen LogP contribution in [0.3, 0.4) is 0 Å². The summed E-state index contributed by atoms with van der Waals surface area (Å²) in [7, 11) is 0. The summed E-state index contributed by atoms with van der Waals surface area (Å²) in [6, 6.07) is 19.9. The Bertz CT molecular complexity index is 1490. The number of thioether (sulfide) groups is 1. The fraction of sp³-hybridized carbons (Fsp3) is 0.333. The van der Waals surface area contributed by atoms with Crippen molar-refractivity contribution in [3.63, 3.8) is 0 Å². The molecule has 1 aromatic heterocycles. The Labute approximate surface area is 237 Å². The molecule has 2 aromatic carbocycles. The average molecular weight is 558 g/mol. The van der Waals surface area contributed by atoms with Gasteiger partial charge in [0.15, 0.2) is 10.1 Å². The molecule has 5 rings (SSSR count). The molecule has 0 fully saturated rings. The molecule has 1 unspecified atom stereocenters. The number of allylic oxidation sites excluding steroid dienone is 3. The summed E-state index contributed by atoms with van der Waals surface area (Å²) in [5.74, 6) is 1.35. The van der Waals surface area contributed by atoms with Crippen LogP contribution >= 0.6 is 23.1 Å². The highest BCUT2D eigenvalue weighted by Crippen LogP contribution is 2.51. The summed E-state index contributed by atoms with van der Waals surface area (Å²) in [6.07, 6.45) is 2.05. The maximum absolute atomic E-state index is 13.8. The number of nitriles is 1. The smallest absolute Gasteiger partial charge is 0.219 e. The Morgan fingerprint density at radius 1 is 1.18 bits per heavy atom. The first-order valence-corrected chi connectivity index (χ1v) is 14.8. The van der Waals surface area contributed by atoms with Crippen molar-refractivity contribution >= 4 is 34.0 Å². The lowest BCUT2D eigenvalue weighted by Crippen LogP contribution is -2.42. The Balaban J connectivity index is 1.57. The van der Waals surface area contributed by atoms with Crippen molar-refractivity contribution in [3.05, 3.63) is 88.4 Å². The van der Waals surface area contributed by atoms with E-state index in [2.05, 4.69) is 37.0 Å². The number of nitrogens with two attached hydrogens (primary N) is 1. The number of anilines is 1. The minimum absolute atomic E-state index is 0.0252. The van der Waals surface area contributed by atoms with Crippen molar-refractivity contribution < 1.29 is 9.53 Å². The van der Waals surface area contributed by atoms with Crippen LogP contribution in [-0.2, 0) is 11.4 Å². The highest BCUT2D eigenvalue weighted by Gasteiger charge is 2.45. The number of benzene rings is 2. The molecule has 2 N–H and O–H groups in total. The van der Waals surface area contributed by atoms with Gasteiger partial charge < -0.3 is 10.5 Å². The summed E-state index contributed by atoms with van der Waals surface area (Å²) in [5, 5.41) is 19.7. The van der Waals surface area contributed by atoms with Crippen LogP contribution in [0.1, 0.15) is 57.1 Å². The summed E-state index contributed by atoms with van der Waals surface area (Å²) in [5.41, 5.74) is 10.1. The molecule has 7 nitrogen and oxygen atoms in total. The number of Topliss-reactive ketones (excluding diaryl/α,β-unsaturated/α-hetero) is 1. The topological polar surface area (TPSA) is 105 Å². The van der Waals surface area contributed by atoms with Crippen LogP contribution < -0.4 is 15.4 Å². The first-order chi connectivity index (χ1) is 18.8. The Kier molecular flexibility index (Phi) is 7.78. The van der Waals surface area contributed by atoms with Crippen LogP contribution in [0.25, 0.3) is 0 Å². The first kappa shape index (κ1) is 27.0. The molecule has 39 heavy (non-hydrogen) atoms. The van der Waals surface area contributed by atoms with E-state index in [4.69, 9.17) is 10.5 Å². The van der Waals surface area contributed by atoms with Crippen LogP contribution in [0, 0.1) is 16.7 Å². The zero-order valence-corrected chi connectivity index (χ0v) is 23.9. The minimum Gasteiger partial charge on any atom is -0.489 e. The number of carbonyl (C=O) groups is 1. The molecule has 0 bridgehead atoms. The highest BCUT2D eigenvalue weighted by atomic mass is 32.2. The second-order valence-electron chi connectivity index (χ2n) is 10.5. The summed E-state index contributed by atoms with van der Waals surface area (Å²) < 4.78 is 6.92. The Morgan fingerprint density at radius 2 is 1.97 bits per heavy atom. The van der Waals surface area contributed by atoms with Gasteiger partial charge in [0, 0.05) is 23.4 Å². The van der Waals surface area contributed by atoms with Crippen molar-refractivity contribution in [1.82, 2.24) is 10.2 Å². The molecule has 3 aromatic rings. The summed E-state index contributed by atoms with van der Waals surface area (Å²) in [6.45, 7) is 6.71. The SMILES string of the molecule is CCCSc1nnc(N2C(N)=C(C#N)C(c3cccc(OCc4ccccc4)c3)C3=C2CC(C)(C)CC3=O)s1. The first-order valence-electron chi connectivity index (χ1n) is 13.0. The average Bonchev–Trinajstić information content (AvgIpc) is 3.38. The van der Waals surface area contributed by atoms with Crippen molar-refractivity contribution in [2.45, 2.75) is 56.9 Å². The van der Waals surface area contributed by atoms with E-state index in [1.54, 1.807) is 16.7 Å². The molecule has 2 heterocycles. The van der Waals surface area contributed by atoms with E-state index >= 15 is 0 Å². The van der Waals surface area contributed by atoms with Crippen molar-refractivity contribution in [1.29, 1.82) is 5.26 Å². The van der Waals surface area contributed by atoms with Crippen LogP contribution in [0.2, 0.25) is 0 Å². The molecule has 0 spiro atoms. The molecule has 2 aliphatic rings. The molecule has 1 aliphatic heterocycles. The number of aromatic nitrogens is 2. The number of nitrogens with zero attached hydrogens (tertiary/aromatic N) is 4. The predicted molar refractivity (Wildman–Crippen MR) is 155 cm³/mol. The molecule has 9 heteroatoms. The van der Waals surface area contributed by atoms with Gasteiger partial charge in [0.05, 0.1) is 17.6 Å². The molecule has 1 atom stereocenters. The minimum atomic E-state index is -0.577. The fourth-order valence-corrected chi connectivity index (χ4v) is 6.93. The van der Waals surface area contributed by atoms with Gasteiger partial charge >= 0.3 is 0 Å². The normalized spacial score (nSPS) is 18.7. The molecule has 0 saturated heterocycles. The fourth-order valence-electron chi connectivity index (χ4n) is 5.13. The van der Waals surface area contributed by atoms with E-state index in [0.29, 0.717) is 47.3 Å². The maximum atomic E-state index is 13.8. The second kappa shape index (κ2) is 11.2. The lowest BCUT2D eigenvalue weighted by atomic mass is 9.68. The van der Waals surface area contributed by atoms with E-state index in [0.717, 1.165) is 33.3 Å². The molecule has 0 radical (unpaired) electrons. The predicted octanol–water partition coefficient (Wildman–Crippen LogP) is 6.56. The van der Waals surface area contributed by atoms with Gasteiger partial charge in [0.25, 0.3) is 0 Å². The van der Waals surface area contributed by atoms with Gasteiger partial charge in [-0.3, -0.25) is 9.69 Å². The summed E-state index contributed by atoms with van der Waals surface area (Å²) in [4.78, 5) is 15.6. The van der Waals surface area contributed by atoms with Crippen molar-refractivity contribution in [3.8, 4) is 11.8 Å². The van der Waals surface area contributed by atoms with Crippen LogP contribution in [0.5, 0.6) is 5.75 Å². The number of rotatable bonds is 8. The number of ether oxygens (including phenoxy) is 1. The third-order valence-corrected chi connectivity index (χ3v) is 9.09. The number of ketones is 1. The van der Waals surface area contributed by atoms with Gasteiger partial charge in [-0.2, -0.15) is 5.26 Å². The van der Waals surface area contributed by atoms with Gasteiger partial charge in [-0.15, -0.1) is 10.2 Å². The molecular formula is C30H31N5O2S2. The standard InChI is InChI=1S/C30H31N5O2S2/c1-4-13-38-29-34-33-28(39-29)35-23-15-30(2,3)16-24(36)26(23)25(22(17-31)27(35)32)20-11-8-12-21(14-20)37-18-19-9-6-5-7-10-19/h5-12,14,25H,4,13,15-16,18,32H2,1-3H3. The van der Waals surface area contributed by atoms with Crippen LogP contribution in [0.15, 0.2) is 81.6 Å². The van der Waals surface area contributed by atoms with E-state index in [-0.39, 0.29) is 11.2 Å². The monoisotopic (exact) mass is 557 g/mol. The maximum Gasteiger partial charge on any atom is 0.219 e. The zero-order chi connectivity index (χ0) is 27.6. The highest BCUT2D eigenvalue weighted by molar-refractivity contribution is 8.01. The Morgan fingerprint density at radius 3 is 2.72 bits per heavy atom. The van der Waals surface area contributed by atoms with Gasteiger partial charge in [0.1, 0.15) is 18.2 Å². The third kappa shape index (κ3) is 5.58. The lowest BCUT2D eigenvalue weighted by molar-refractivity contribution is -0.118. The third-order valence-electron chi connectivity index (χ3n) is 6.84. The van der Waals surface area contributed by atoms with Gasteiger partial charge in [-0.25, -0.2) is 0 Å². The van der Waals surface area contributed by atoms with Crippen molar-refractivity contribution in [2.24, 2.45) is 11.1 Å². The Hall–Kier alpha value is -3.61. The lowest BCUT2D eigenvalue weighted by Gasteiger charge is -2.42. The van der Waals surface area contributed by atoms with E-state index in [1.807, 2.05) is 54.6 Å². The molecule has 0 saturated carbocycles. The second-order valence-corrected chi connectivity index (χ2v) is 12.8. The molecule has 1 aliphatic carbocycles. The molecule has 200 valence electrons.